The molecule has 1 heterocycles. The SMILES string of the molecule is CCC(=O)Nc1ccnn1-c1c(Cl)cc(S(=O)(=O)C(F)(F)F)cc1Cl. The number of sulfone groups is 1. The zero-order valence-electron chi connectivity index (χ0n) is 12.4. The monoisotopic (exact) mass is 415 g/mol. The summed E-state index contributed by atoms with van der Waals surface area (Å²) in [5.74, 6) is -0.174. The Bertz CT molecular complexity index is 903. The summed E-state index contributed by atoms with van der Waals surface area (Å²) in [6.45, 7) is 1.62. The Labute approximate surface area is 150 Å². The minimum Gasteiger partial charge on any atom is -0.311 e. The number of rotatable bonds is 4. The Morgan fingerprint density at radius 1 is 1.28 bits per heavy atom. The fourth-order valence-electron chi connectivity index (χ4n) is 1.84. The Kier molecular flexibility index (Phi) is 5.35. The van der Waals surface area contributed by atoms with E-state index in [0.29, 0.717) is 12.1 Å². The molecule has 0 aliphatic heterocycles. The van der Waals surface area contributed by atoms with Crippen molar-refractivity contribution in [1.29, 1.82) is 0 Å². The second kappa shape index (κ2) is 6.85. The highest BCUT2D eigenvalue weighted by Crippen LogP contribution is 2.37. The molecule has 0 fully saturated rings. The molecule has 0 saturated carbocycles. The lowest BCUT2D eigenvalue weighted by atomic mass is 10.3. The lowest BCUT2D eigenvalue weighted by molar-refractivity contribution is -0.115. The second-order valence-electron chi connectivity index (χ2n) is 4.71. The zero-order chi connectivity index (χ0) is 19.0. The van der Waals surface area contributed by atoms with E-state index in [4.69, 9.17) is 23.2 Å². The highest BCUT2D eigenvalue weighted by atomic mass is 35.5. The van der Waals surface area contributed by atoms with E-state index in [1.54, 1.807) is 6.92 Å². The number of benzene rings is 1. The summed E-state index contributed by atoms with van der Waals surface area (Å²) in [4.78, 5) is 10.4. The second-order valence-corrected chi connectivity index (χ2v) is 7.47. The predicted molar refractivity (Wildman–Crippen MR) is 85.7 cm³/mol. The van der Waals surface area contributed by atoms with Gasteiger partial charge in [-0.3, -0.25) is 4.79 Å². The molecule has 6 nitrogen and oxygen atoms in total. The molecule has 0 aliphatic rings. The van der Waals surface area contributed by atoms with Gasteiger partial charge in [-0.15, -0.1) is 0 Å². The van der Waals surface area contributed by atoms with Gasteiger partial charge >= 0.3 is 5.51 Å². The highest BCUT2D eigenvalue weighted by molar-refractivity contribution is 7.92. The van der Waals surface area contributed by atoms with Gasteiger partial charge in [-0.25, -0.2) is 13.1 Å². The minimum absolute atomic E-state index is 0.0686. The average molecular weight is 416 g/mol. The van der Waals surface area contributed by atoms with Crippen LogP contribution in [0.5, 0.6) is 0 Å². The van der Waals surface area contributed by atoms with E-state index in [0.717, 1.165) is 4.68 Å². The molecule has 0 bridgehead atoms. The number of nitrogens with zero attached hydrogens (tertiary/aromatic N) is 2. The molecule has 2 aromatic rings. The van der Waals surface area contributed by atoms with Crippen LogP contribution in [-0.4, -0.2) is 29.6 Å². The van der Waals surface area contributed by atoms with Crippen LogP contribution >= 0.6 is 23.2 Å². The van der Waals surface area contributed by atoms with E-state index < -0.39 is 20.2 Å². The molecular formula is C13H10Cl2F3N3O3S. The lowest BCUT2D eigenvalue weighted by Gasteiger charge is -2.14. The van der Waals surface area contributed by atoms with Crippen LogP contribution < -0.4 is 5.32 Å². The number of halogens is 5. The molecule has 0 spiro atoms. The summed E-state index contributed by atoms with van der Waals surface area (Å²) in [5.41, 5.74) is -5.56. The molecule has 0 saturated heterocycles. The third kappa shape index (κ3) is 3.75. The maximum absolute atomic E-state index is 12.7. The van der Waals surface area contributed by atoms with E-state index in [1.807, 2.05) is 0 Å². The van der Waals surface area contributed by atoms with Crippen LogP contribution in [0.15, 0.2) is 29.3 Å². The summed E-state index contributed by atoms with van der Waals surface area (Å²) >= 11 is 11.9. The molecule has 1 N–H and O–H groups in total. The van der Waals surface area contributed by atoms with Crippen molar-refractivity contribution in [3.8, 4) is 5.69 Å². The first-order chi connectivity index (χ1) is 11.5. The molecule has 1 aromatic heterocycles. The molecule has 0 atom stereocenters. The Morgan fingerprint density at radius 3 is 2.32 bits per heavy atom. The van der Waals surface area contributed by atoms with Crippen LogP contribution in [0.2, 0.25) is 10.0 Å². The van der Waals surface area contributed by atoms with Gasteiger partial charge in [0.2, 0.25) is 5.91 Å². The van der Waals surface area contributed by atoms with Crippen molar-refractivity contribution in [3.05, 3.63) is 34.4 Å². The molecule has 2 rings (SSSR count). The molecule has 25 heavy (non-hydrogen) atoms. The van der Waals surface area contributed by atoms with Crippen molar-refractivity contribution in [3.63, 3.8) is 0 Å². The van der Waals surface area contributed by atoms with E-state index in [9.17, 15) is 26.4 Å². The maximum atomic E-state index is 12.7. The standard InChI is InChI=1S/C13H10Cl2F3N3O3S/c1-2-11(22)20-10-3-4-19-21(10)12-8(14)5-7(6-9(12)15)25(23,24)13(16,17)18/h3-6H,2H2,1H3,(H,20,22). The van der Waals surface area contributed by atoms with Gasteiger partial charge in [0.05, 0.1) is 21.1 Å². The van der Waals surface area contributed by atoms with Crippen molar-refractivity contribution in [1.82, 2.24) is 9.78 Å². The number of amides is 1. The predicted octanol–water partition coefficient (Wildman–Crippen LogP) is 3.82. The molecule has 0 aliphatic carbocycles. The summed E-state index contributed by atoms with van der Waals surface area (Å²) < 4.78 is 62.0. The average Bonchev–Trinajstić information content (AvgIpc) is 2.93. The van der Waals surface area contributed by atoms with Crippen LogP contribution in [0, 0.1) is 0 Å². The van der Waals surface area contributed by atoms with Gasteiger partial charge in [0, 0.05) is 12.5 Å². The van der Waals surface area contributed by atoms with Crippen molar-refractivity contribution in [2.45, 2.75) is 23.7 Å². The van der Waals surface area contributed by atoms with E-state index in [2.05, 4.69) is 10.4 Å². The molecule has 1 amide bonds. The number of carbonyl (C=O) groups excluding carboxylic acids is 1. The minimum atomic E-state index is -5.61. The molecule has 0 radical (unpaired) electrons. The fraction of sp³-hybridized carbons (Fsp3) is 0.231. The molecular weight excluding hydrogens is 406 g/mol. The lowest BCUT2D eigenvalue weighted by Crippen LogP contribution is -2.23. The van der Waals surface area contributed by atoms with Crippen LogP contribution in [-0.2, 0) is 14.6 Å². The molecule has 12 heteroatoms. The van der Waals surface area contributed by atoms with Crippen molar-refractivity contribution < 1.29 is 26.4 Å². The maximum Gasteiger partial charge on any atom is 0.501 e. The van der Waals surface area contributed by atoms with Crippen LogP contribution in [0.25, 0.3) is 5.69 Å². The summed E-state index contributed by atoms with van der Waals surface area (Å²) in [6.07, 6.45) is 1.48. The molecule has 136 valence electrons. The molecule has 0 unspecified atom stereocenters. The Hall–Kier alpha value is -1.78. The van der Waals surface area contributed by atoms with Crippen LogP contribution in [0.4, 0.5) is 19.0 Å². The van der Waals surface area contributed by atoms with Gasteiger partial charge in [-0.2, -0.15) is 18.3 Å². The largest absolute Gasteiger partial charge is 0.501 e. The van der Waals surface area contributed by atoms with Crippen molar-refractivity contribution >= 4 is 44.8 Å². The third-order valence-corrected chi connectivity index (χ3v) is 5.09. The summed E-state index contributed by atoms with van der Waals surface area (Å²) in [6, 6.07) is 2.66. The first-order valence-corrected chi connectivity index (χ1v) is 8.87. The molecule has 1 aromatic carbocycles. The number of alkyl halides is 3. The van der Waals surface area contributed by atoms with Gasteiger partial charge in [0.1, 0.15) is 11.5 Å². The number of nitrogens with one attached hydrogen (secondary N) is 1. The first-order valence-electron chi connectivity index (χ1n) is 6.63. The number of anilines is 1. The third-order valence-electron chi connectivity index (χ3n) is 3.05. The van der Waals surface area contributed by atoms with Crippen LogP contribution in [0.1, 0.15) is 13.3 Å². The summed E-state index contributed by atoms with van der Waals surface area (Å²) in [5, 5.41) is 5.64. The van der Waals surface area contributed by atoms with Gasteiger partial charge < -0.3 is 5.32 Å². The van der Waals surface area contributed by atoms with Gasteiger partial charge in [0.15, 0.2) is 0 Å². The summed E-state index contributed by atoms with van der Waals surface area (Å²) in [7, 11) is -5.61. The zero-order valence-corrected chi connectivity index (χ0v) is 14.8. The van der Waals surface area contributed by atoms with E-state index in [-0.39, 0.29) is 33.9 Å². The Balaban J connectivity index is 2.57. The van der Waals surface area contributed by atoms with E-state index in [1.165, 1.54) is 12.3 Å². The normalized spacial score (nSPS) is 12.2. The number of aromatic nitrogens is 2. The quantitative estimate of drug-likeness (QED) is 0.822. The first kappa shape index (κ1) is 19.5. The number of carbonyl (C=O) groups is 1. The van der Waals surface area contributed by atoms with Gasteiger partial charge in [-0.1, -0.05) is 30.1 Å². The van der Waals surface area contributed by atoms with Crippen LogP contribution in [0.3, 0.4) is 0 Å². The van der Waals surface area contributed by atoms with Crippen molar-refractivity contribution in [2.75, 3.05) is 5.32 Å². The highest BCUT2D eigenvalue weighted by Gasteiger charge is 2.47. The number of hydrogen-bond acceptors (Lipinski definition) is 4. The van der Waals surface area contributed by atoms with Gasteiger partial charge in [0.25, 0.3) is 9.84 Å². The topological polar surface area (TPSA) is 81.1 Å². The number of hydrogen-bond donors (Lipinski definition) is 1. The van der Waals surface area contributed by atoms with Gasteiger partial charge in [-0.05, 0) is 12.1 Å². The Morgan fingerprint density at radius 2 is 1.84 bits per heavy atom. The fourth-order valence-corrected chi connectivity index (χ4v) is 3.43. The van der Waals surface area contributed by atoms with Crippen molar-refractivity contribution in [2.24, 2.45) is 0 Å². The van der Waals surface area contributed by atoms with E-state index >= 15 is 0 Å². The smallest absolute Gasteiger partial charge is 0.311 e.